The molecule has 1 N–H and O–H groups in total. The van der Waals surface area contributed by atoms with E-state index < -0.39 is 0 Å². The molecule has 4 heteroatoms. The monoisotopic (exact) mass is 203 g/mol. The number of rotatable bonds is 3. The highest BCUT2D eigenvalue weighted by Gasteiger charge is 2.31. The number of hydrogen-bond acceptors (Lipinski definition) is 3. The van der Waals surface area contributed by atoms with Crippen LogP contribution in [-0.4, -0.2) is 36.7 Å². The molecule has 1 fully saturated rings. The van der Waals surface area contributed by atoms with Crippen molar-refractivity contribution in [3.05, 3.63) is 0 Å². The number of carbonyl (C=O) groups is 1. The molecule has 0 aromatic rings. The average Bonchev–Trinajstić information content (AvgIpc) is 2.16. The van der Waals surface area contributed by atoms with Crippen LogP contribution in [0.4, 0.5) is 0 Å². The van der Waals surface area contributed by atoms with Crippen molar-refractivity contribution < 1.29 is 9.53 Å². The molecule has 1 rings (SSSR count). The smallest absolute Gasteiger partial charge is 0.216 e. The summed E-state index contributed by atoms with van der Waals surface area (Å²) in [7, 11) is 1.73. The maximum Gasteiger partial charge on any atom is 0.216 e. The lowest BCUT2D eigenvalue weighted by Crippen LogP contribution is -2.46. The molecule has 1 heterocycles. The van der Waals surface area contributed by atoms with Crippen LogP contribution in [0.25, 0.3) is 0 Å². The number of nitrogens with one attached hydrogen (secondary N) is 1. The van der Waals surface area contributed by atoms with Gasteiger partial charge in [-0.2, -0.15) is 11.8 Å². The number of ether oxygens (including phenoxy) is 1. The van der Waals surface area contributed by atoms with Gasteiger partial charge in [-0.1, -0.05) is 0 Å². The standard InChI is InChI=1S/C9H17NO2S/c1-8(11)10-7-9(12-2)3-5-13-6-4-9/h3-7H2,1-2H3,(H,10,11). The molecule has 1 aliphatic rings. The minimum Gasteiger partial charge on any atom is -0.376 e. The molecule has 1 amide bonds. The van der Waals surface area contributed by atoms with Crippen LogP contribution in [0.1, 0.15) is 19.8 Å². The van der Waals surface area contributed by atoms with Crippen molar-refractivity contribution in [3.8, 4) is 0 Å². The van der Waals surface area contributed by atoms with Crippen LogP contribution in [0.5, 0.6) is 0 Å². The molecule has 1 aliphatic heterocycles. The zero-order chi connectivity index (χ0) is 9.73. The first-order valence-electron chi connectivity index (χ1n) is 4.56. The van der Waals surface area contributed by atoms with E-state index in [1.165, 1.54) is 0 Å². The van der Waals surface area contributed by atoms with Gasteiger partial charge in [-0.15, -0.1) is 0 Å². The van der Waals surface area contributed by atoms with Gasteiger partial charge in [-0.3, -0.25) is 4.79 Å². The fourth-order valence-electron chi connectivity index (χ4n) is 1.48. The summed E-state index contributed by atoms with van der Waals surface area (Å²) >= 11 is 1.95. The van der Waals surface area contributed by atoms with E-state index in [2.05, 4.69) is 5.32 Å². The summed E-state index contributed by atoms with van der Waals surface area (Å²) < 4.78 is 5.50. The quantitative estimate of drug-likeness (QED) is 0.744. The zero-order valence-corrected chi connectivity index (χ0v) is 9.08. The van der Waals surface area contributed by atoms with Gasteiger partial charge in [0.15, 0.2) is 0 Å². The van der Waals surface area contributed by atoms with Crippen LogP contribution in [0.2, 0.25) is 0 Å². The van der Waals surface area contributed by atoms with Crippen molar-refractivity contribution in [1.29, 1.82) is 0 Å². The third-order valence-electron chi connectivity index (χ3n) is 2.50. The van der Waals surface area contributed by atoms with E-state index in [1.807, 2.05) is 11.8 Å². The molecule has 76 valence electrons. The molecule has 3 nitrogen and oxygen atoms in total. The third-order valence-corrected chi connectivity index (χ3v) is 3.48. The molecular weight excluding hydrogens is 186 g/mol. The molecule has 0 aliphatic carbocycles. The first-order chi connectivity index (χ1) is 6.18. The normalized spacial score (nSPS) is 21.1. The summed E-state index contributed by atoms with van der Waals surface area (Å²) in [6.07, 6.45) is 2.07. The molecular formula is C9H17NO2S. The van der Waals surface area contributed by atoms with Crippen LogP contribution >= 0.6 is 11.8 Å². The van der Waals surface area contributed by atoms with Crippen molar-refractivity contribution in [2.45, 2.75) is 25.4 Å². The Morgan fingerprint density at radius 1 is 1.54 bits per heavy atom. The van der Waals surface area contributed by atoms with Gasteiger partial charge in [0.2, 0.25) is 5.91 Å². The van der Waals surface area contributed by atoms with Gasteiger partial charge in [0, 0.05) is 20.6 Å². The second-order valence-electron chi connectivity index (χ2n) is 3.41. The van der Waals surface area contributed by atoms with E-state index in [0.29, 0.717) is 6.54 Å². The number of methoxy groups -OCH3 is 1. The summed E-state index contributed by atoms with van der Waals surface area (Å²) in [5.41, 5.74) is -0.100. The largest absolute Gasteiger partial charge is 0.376 e. The fourth-order valence-corrected chi connectivity index (χ4v) is 2.72. The highest BCUT2D eigenvalue weighted by Crippen LogP contribution is 2.29. The van der Waals surface area contributed by atoms with Crippen molar-refractivity contribution in [1.82, 2.24) is 5.32 Å². The first-order valence-corrected chi connectivity index (χ1v) is 5.71. The molecule has 13 heavy (non-hydrogen) atoms. The summed E-state index contributed by atoms with van der Waals surface area (Å²) in [6, 6.07) is 0. The summed E-state index contributed by atoms with van der Waals surface area (Å²) in [5.74, 6) is 2.29. The molecule has 0 aromatic heterocycles. The number of amides is 1. The summed E-state index contributed by atoms with van der Waals surface area (Å²) in [6.45, 7) is 2.19. The minimum atomic E-state index is -0.100. The van der Waals surface area contributed by atoms with Gasteiger partial charge in [0.05, 0.1) is 5.60 Å². The van der Waals surface area contributed by atoms with Crippen molar-refractivity contribution in [2.24, 2.45) is 0 Å². The Hall–Kier alpha value is -0.220. The van der Waals surface area contributed by atoms with Crippen molar-refractivity contribution in [3.63, 3.8) is 0 Å². The third kappa shape index (κ3) is 3.19. The Balaban J connectivity index is 2.42. The van der Waals surface area contributed by atoms with Crippen LogP contribution in [-0.2, 0) is 9.53 Å². The number of carbonyl (C=O) groups excluding carboxylic acids is 1. The summed E-state index contributed by atoms with van der Waals surface area (Å²) in [5, 5.41) is 2.83. The molecule has 0 bridgehead atoms. The van der Waals surface area contributed by atoms with E-state index in [4.69, 9.17) is 4.74 Å². The second kappa shape index (κ2) is 4.86. The maximum atomic E-state index is 10.8. The fraction of sp³-hybridized carbons (Fsp3) is 0.889. The first kappa shape index (κ1) is 10.9. The zero-order valence-electron chi connectivity index (χ0n) is 8.26. The van der Waals surface area contributed by atoms with E-state index in [-0.39, 0.29) is 11.5 Å². The second-order valence-corrected chi connectivity index (χ2v) is 4.63. The molecule has 0 atom stereocenters. The summed E-state index contributed by atoms with van der Waals surface area (Å²) in [4.78, 5) is 10.8. The SMILES string of the molecule is COC1(CNC(C)=O)CCSCC1. The average molecular weight is 203 g/mol. The van der Waals surface area contributed by atoms with Crippen molar-refractivity contribution in [2.75, 3.05) is 25.2 Å². The maximum absolute atomic E-state index is 10.8. The lowest BCUT2D eigenvalue weighted by molar-refractivity contribution is -0.120. The van der Waals surface area contributed by atoms with Gasteiger partial charge in [-0.25, -0.2) is 0 Å². The highest BCUT2D eigenvalue weighted by molar-refractivity contribution is 7.99. The molecule has 0 unspecified atom stereocenters. The van der Waals surface area contributed by atoms with Crippen molar-refractivity contribution >= 4 is 17.7 Å². The van der Waals surface area contributed by atoms with Crippen LogP contribution < -0.4 is 5.32 Å². The highest BCUT2D eigenvalue weighted by atomic mass is 32.2. The van der Waals surface area contributed by atoms with Gasteiger partial charge in [0.25, 0.3) is 0 Å². The van der Waals surface area contributed by atoms with E-state index in [9.17, 15) is 4.79 Å². The predicted octanol–water partition coefficient (Wildman–Crippen LogP) is 1.03. The van der Waals surface area contributed by atoms with E-state index >= 15 is 0 Å². The van der Waals surface area contributed by atoms with Gasteiger partial charge in [-0.05, 0) is 24.3 Å². The van der Waals surface area contributed by atoms with Gasteiger partial charge in [0.1, 0.15) is 0 Å². The lowest BCUT2D eigenvalue weighted by Gasteiger charge is -2.35. The lowest BCUT2D eigenvalue weighted by atomic mass is 9.96. The Bertz CT molecular complexity index is 178. The van der Waals surface area contributed by atoms with E-state index in [1.54, 1.807) is 14.0 Å². The molecule has 0 spiro atoms. The Morgan fingerprint density at radius 2 is 2.15 bits per heavy atom. The Kier molecular flexibility index (Phi) is 4.06. The van der Waals surface area contributed by atoms with E-state index in [0.717, 1.165) is 24.3 Å². The number of thioether (sulfide) groups is 1. The minimum absolute atomic E-state index is 0.0228. The van der Waals surface area contributed by atoms with Crippen LogP contribution in [0.15, 0.2) is 0 Å². The van der Waals surface area contributed by atoms with Gasteiger partial charge < -0.3 is 10.1 Å². The Labute approximate surface area is 83.6 Å². The topological polar surface area (TPSA) is 38.3 Å². The molecule has 0 saturated carbocycles. The van der Waals surface area contributed by atoms with Crippen LogP contribution in [0.3, 0.4) is 0 Å². The molecule has 0 radical (unpaired) electrons. The Morgan fingerprint density at radius 3 is 2.62 bits per heavy atom. The van der Waals surface area contributed by atoms with Gasteiger partial charge >= 0.3 is 0 Å². The predicted molar refractivity (Wildman–Crippen MR) is 55.0 cm³/mol. The molecule has 0 aromatic carbocycles. The van der Waals surface area contributed by atoms with Crippen LogP contribution in [0, 0.1) is 0 Å². The number of hydrogen-bond donors (Lipinski definition) is 1. The molecule has 1 saturated heterocycles.